The third-order valence-electron chi connectivity index (χ3n) is 7.77. The molecule has 0 aliphatic carbocycles. The van der Waals surface area contributed by atoms with Gasteiger partial charge >= 0.3 is 0 Å². The number of halogens is 4. The minimum Gasteiger partial charge on any atom is -0.378 e. The quantitative estimate of drug-likeness (QED) is 0.178. The molecule has 1 fully saturated rings. The van der Waals surface area contributed by atoms with Crippen LogP contribution in [0.1, 0.15) is 88.7 Å². The minimum atomic E-state index is -0.902. The summed E-state index contributed by atoms with van der Waals surface area (Å²) >= 11 is 0. The molecule has 38 heavy (non-hydrogen) atoms. The van der Waals surface area contributed by atoms with Crippen LogP contribution in [0.5, 0.6) is 0 Å². The summed E-state index contributed by atoms with van der Waals surface area (Å²) in [5.41, 5.74) is 1.99. The van der Waals surface area contributed by atoms with E-state index in [9.17, 15) is 13.2 Å². The van der Waals surface area contributed by atoms with E-state index < -0.39 is 23.3 Å². The summed E-state index contributed by atoms with van der Waals surface area (Å²) in [5.74, 6) is -3.59. The Morgan fingerprint density at radius 1 is 0.658 bits per heavy atom. The van der Waals surface area contributed by atoms with Crippen molar-refractivity contribution in [2.45, 2.75) is 90.1 Å². The van der Waals surface area contributed by atoms with Crippen LogP contribution < -0.4 is 0 Å². The summed E-state index contributed by atoms with van der Waals surface area (Å²) in [4.78, 5) is 0. The van der Waals surface area contributed by atoms with Crippen LogP contribution in [0.4, 0.5) is 17.6 Å². The molecule has 1 heterocycles. The fourth-order valence-electron chi connectivity index (χ4n) is 5.34. The topological polar surface area (TPSA) is 9.23 Å². The van der Waals surface area contributed by atoms with Crippen LogP contribution in [-0.2, 0) is 11.2 Å². The second-order valence-electron chi connectivity index (χ2n) is 10.6. The SMILES string of the molecule is CCCCCCCCCc1ccc(-c2ccc(-c3ccc(C4CCC(C)OC4)c(F)c3F)cc2)c(F)c1F. The molecule has 1 aliphatic rings. The largest absolute Gasteiger partial charge is 0.378 e. The van der Waals surface area contributed by atoms with Crippen LogP contribution in [0.3, 0.4) is 0 Å². The molecule has 1 aliphatic heterocycles. The van der Waals surface area contributed by atoms with Crippen LogP contribution in [0.25, 0.3) is 22.3 Å². The Labute approximate surface area is 224 Å². The molecule has 1 saturated heterocycles. The molecule has 0 radical (unpaired) electrons. The number of aryl methyl sites for hydroxylation is 1. The predicted octanol–water partition coefficient (Wildman–Crippen LogP) is 10.2. The Morgan fingerprint density at radius 2 is 1.24 bits per heavy atom. The molecule has 0 aromatic heterocycles. The lowest BCUT2D eigenvalue weighted by atomic mass is 9.89. The van der Waals surface area contributed by atoms with Gasteiger partial charge < -0.3 is 4.74 Å². The molecule has 0 saturated carbocycles. The molecular formula is C33H38F4O. The van der Waals surface area contributed by atoms with Crippen LogP contribution in [-0.4, -0.2) is 12.7 Å². The molecule has 4 rings (SSSR count). The molecule has 3 aromatic rings. The second kappa shape index (κ2) is 13.4. The summed E-state index contributed by atoms with van der Waals surface area (Å²) in [6.45, 7) is 4.54. The normalized spacial score (nSPS) is 17.6. The second-order valence-corrected chi connectivity index (χ2v) is 10.6. The van der Waals surface area contributed by atoms with E-state index in [-0.39, 0.29) is 23.1 Å². The van der Waals surface area contributed by atoms with Crippen LogP contribution in [0.2, 0.25) is 0 Å². The Morgan fingerprint density at radius 3 is 1.84 bits per heavy atom. The molecular weight excluding hydrogens is 488 g/mol. The van der Waals surface area contributed by atoms with E-state index in [0.29, 0.717) is 35.3 Å². The van der Waals surface area contributed by atoms with Gasteiger partial charge in [0.25, 0.3) is 0 Å². The van der Waals surface area contributed by atoms with Gasteiger partial charge in [0.1, 0.15) is 0 Å². The molecule has 0 spiro atoms. The number of ether oxygens (including phenoxy) is 1. The van der Waals surface area contributed by atoms with Crippen molar-refractivity contribution >= 4 is 0 Å². The molecule has 204 valence electrons. The van der Waals surface area contributed by atoms with Gasteiger partial charge in [-0.15, -0.1) is 0 Å². The van der Waals surface area contributed by atoms with E-state index in [1.807, 2.05) is 6.92 Å². The van der Waals surface area contributed by atoms with Crippen molar-refractivity contribution < 1.29 is 22.3 Å². The predicted molar refractivity (Wildman–Crippen MR) is 146 cm³/mol. The molecule has 0 amide bonds. The Kier molecular flexibility index (Phi) is 10.0. The lowest BCUT2D eigenvalue weighted by Gasteiger charge is -2.27. The van der Waals surface area contributed by atoms with Crippen molar-refractivity contribution in [1.29, 1.82) is 0 Å². The lowest BCUT2D eigenvalue weighted by molar-refractivity contribution is 0.0147. The average Bonchev–Trinajstić information content (AvgIpc) is 2.93. The first-order valence-electron chi connectivity index (χ1n) is 14.1. The fourth-order valence-corrected chi connectivity index (χ4v) is 5.34. The van der Waals surface area contributed by atoms with Gasteiger partial charge in [-0.25, -0.2) is 17.6 Å². The summed E-state index contributed by atoms with van der Waals surface area (Å²) in [6, 6.07) is 12.9. The van der Waals surface area contributed by atoms with Crippen molar-refractivity contribution in [2.75, 3.05) is 6.61 Å². The molecule has 2 unspecified atom stereocenters. The molecule has 0 bridgehead atoms. The number of hydrogen-bond donors (Lipinski definition) is 0. The first-order chi connectivity index (χ1) is 18.4. The zero-order valence-corrected chi connectivity index (χ0v) is 22.5. The Bertz CT molecular complexity index is 1200. The first-order valence-corrected chi connectivity index (χ1v) is 14.1. The van der Waals surface area contributed by atoms with Crippen molar-refractivity contribution in [3.05, 3.63) is 82.9 Å². The van der Waals surface area contributed by atoms with Crippen LogP contribution in [0, 0.1) is 23.3 Å². The number of benzene rings is 3. The van der Waals surface area contributed by atoms with E-state index in [4.69, 9.17) is 4.74 Å². The van der Waals surface area contributed by atoms with Crippen molar-refractivity contribution in [1.82, 2.24) is 0 Å². The number of rotatable bonds is 11. The summed E-state index contributed by atoms with van der Waals surface area (Å²) in [7, 11) is 0. The van der Waals surface area contributed by atoms with Gasteiger partial charge in [0, 0.05) is 17.0 Å². The van der Waals surface area contributed by atoms with Gasteiger partial charge in [0.2, 0.25) is 0 Å². The van der Waals surface area contributed by atoms with Crippen molar-refractivity contribution in [3.63, 3.8) is 0 Å². The van der Waals surface area contributed by atoms with Gasteiger partial charge in [0.15, 0.2) is 23.3 Å². The van der Waals surface area contributed by atoms with Crippen LogP contribution >= 0.6 is 0 Å². The highest BCUT2D eigenvalue weighted by Gasteiger charge is 2.25. The standard InChI is InChI=1S/C33H38F4O/c1-3-4-5-6-7-8-9-10-25-17-18-27(31(35)30(25)34)23-13-15-24(16-14-23)28-19-20-29(33(37)32(28)36)26-12-11-22(2)38-21-26/h13-20,22,26H,3-12,21H2,1-2H3. The molecule has 0 N–H and O–H groups in total. The monoisotopic (exact) mass is 526 g/mol. The molecule has 1 nitrogen and oxygen atoms in total. The van der Waals surface area contributed by atoms with Crippen molar-refractivity contribution in [3.8, 4) is 22.3 Å². The average molecular weight is 527 g/mol. The maximum atomic E-state index is 15.0. The zero-order chi connectivity index (χ0) is 27.1. The van der Waals surface area contributed by atoms with Gasteiger partial charge in [0.05, 0.1) is 12.7 Å². The third-order valence-corrected chi connectivity index (χ3v) is 7.77. The first kappa shape index (κ1) is 28.4. The minimum absolute atomic E-state index is 0.136. The number of hydrogen-bond acceptors (Lipinski definition) is 1. The van der Waals surface area contributed by atoms with Gasteiger partial charge in [-0.3, -0.25) is 0 Å². The maximum absolute atomic E-state index is 15.0. The fraction of sp³-hybridized carbons (Fsp3) is 0.455. The summed E-state index contributed by atoms with van der Waals surface area (Å²) in [5, 5.41) is 0. The third kappa shape index (κ3) is 6.66. The van der Waals surface area contributed by atoms with Gasteiger partial charge in [-0.1, -0.05) is 94.0 Å². The van der Waals surface area contributed by atoms with E-state index in [2.05, 4.69) is 6.92 Å². The zero-order valence-electron chi connectivity index (χ0n) is 22.5. The Hall–Kier alpha value is -2.66. The molecule has 3 aromatic carbocycles. The van der Waals surface area contributed by atoms with Crippen LogP contribution in [0.15, 0.2) is 48.5 Å². The Balaban J connectivity index is 1.44. The summed E-state index contributed by atoms with van der Waals surface area (Å²) < 4.78 is 65.4. The number of unbranched alkanes of at least 4 members (excludes halogenated alkanes) is 6. The molecule has 2 atom stereocenters. The lowest BCUT2D eigenvalue weighted by Crippen LogP contribution is -2.23. The highest BCUT2D eigenvalue weighted by Crippen LogP contribution is 2.35. The van der Waals surface area contributed by atoms with E-state index in [1.165, 1.54) is 25.7 Å². The van der Waals surface area contributed by atoms with Gasteiger partial charge in [-0.2, -0.15) is 0 Å². The summed E-state index contributed by atoms with van der Waals surface area (Å²) in [6.07, 6.45) is 10.1. The smallest absolute Gasteiger partial charge is 0.166 e. The van der Waals surface area contributed by atoms with E-state index >= 15 is 4.39 Å². The van der Waals surface area contributed by atoms with E-state index in [0.717, 1.165) is 32.1 Å². The van der Waals surface area contributed by atoms with Crippen molar-refractivity contribution in [2.24, 2.45) is 0 Å². The highest BCUT2D eigenvalue weighted by atomic mass is 19.2. The maximum Gasteiger partial charge on any atom is 0.166 e. The van der Waals surface area contributed by atoms with Gasteiger partial charge in [-0.05, 0) is 54.9 Å². The molecule has 5 heteroatoms. The highest BCUT2D eigenvalue weighted by molar-refractivity contribution is 5.71. The van der Waals surface area contributed by atoms with E-state index in [1.54, 1.807) is 48.5 Å².